The van der Waals surface area contributed by atoms with Crippen LogP contribution in [0.5, 0.6) is 11.5 Å². The summed E-state index contributed by atoms with van der Waals surface area (Å²) in [6.07, 6.45) is 1.31. The van der Waals surface area contributed by atoms with Gasteiger partial charge in [-0.1, -0.05) is 30.3 Å². The van der Waals surface area contributed by atoms with Gasteiger partial charge in [-0.3, -0.25) is 4.79 Å². The van der Waals surface area contributed by atoms with Crippen LogP contribution in [0.2, 0.25) is 0 Å². The van der Waals surface area contributed by atoms with Crippen LogP contribution < -0.4 is 5.32 Å². The van der Waals surface area contributed by atoms with E-state index in [2.05, 4.69) is 5.32 Å². The van der Waals surface area contributed by atoms with Crippen LogP contribution in [-0.4, -0.2) is 16.1 Å². The third-order valence-corrected chi connectivity index (χ3v) is 3.25. The zero-order chi connectivity index (χ0) is 16.8. The average molecular weight is 308 g/mol. The summed E-state index contributed by atoms with van der Waals surface area (Å²) in [6, 6.07) is 14.8. The van der Waals surface area contributed by atoms with E-state index in [1.54, 1.807) is 0 Å². The van der Waals surface area contributed by atoms with Crippen LogP contribution in [-0.2, 0) is 4.79 Å². The fourth-order valence-electron chi connectivity index (χ4n) is 2.12. The molecule has 5 nitrogen and oxygen atoms in total. The molecule has 23 heavy (non-hydrogen) atoms. The fraction of sp³-hybridized carbons (Fsp3) is 0.111. The molecule has 0 radical (unpaired) electrons. The molecule has 0 aliphatic rings. The first-order valence-electron chi connectivity index (χ1n) is 7.00. The number of benzene rings is 2. The molecule has 3 N–H and O–H groups in total. The summed E-state index contributed by atoms with van der Waals surface area (Å²) in [5.41, 5.74) is 1.17. The Hall–Kier alpha value is -3.26. The summed E-state index contributed by atoms with van der Waals surface area (Å²) in [4.78, 5) is 12.2. The first-order valence-corrected chi connectivity index (χ1v) is 7.00. The van der Waals surface area contributed by atoms with Gasteiger partial charge in [0.15, 0.2) is 0 Å². The predicted molar refractivity (Wildman–Crippen MR) is 86.4 cm³/mol. The highest BCUT2D eigenvalue weighted by atomic mass is 16.3. The molecule has 1 atom stereocenters. The number of rotatable bonds is 4. The van der Waals surface area contributed by atoms with Crippen molar-refractivity contribution in [3.8, 4) is 17.6 Å². The van der Waals surface area contributed by atoms with Crippen molar-refractivity contribution in [3.63, 3.8) is 0 Å². The van der Waals surface area contributed by atoms with Crippen molar-refractivity contribution >= 4 is 12.0 Å². The van der Waals surface area contributed by atoms with Gasteiger partial charge in [-0.2, -0.15) is 5.26 Å². The molecule has 0 unspecified atom stereocenters. The Morgan fingerprint density at radius 2 is 1.78 bits per heavy atom. The SMILES string of the molecule is C[C@H](NC(=O)/C(C#N)=C/c1cc(O)cc(O)c1)c1ccccc1. The molecule has 0 aliphatic carbocycles. The molecule has 0 fully saturated rings. The zero-order valence-corrected chi connectivity index (χ0v) is 12.5. The smallest absolute Gasteiger partial charge is 0.262 e. The van der Waals surface area contributed by atoms with Crippen molar-refractivity contribution in [2.45, 2.75) is 13.0 Å². The average Bonchev–Trinajstić information content (AvgIpc) is 2.52. The van der Waals surface area contributed by atoms with Gasteiger partial charge in [-0.15, -0.1) is 0 Å². The van der Waals surface area contributed by atoms with E-state index in [0.717, 1.165) is 5.56 Å². The van der Waals surface area contributed by atoms with Gasteiger partial charge in [-0.25, -0.2) is 0 Å². The molecular weight excluding hydrogens is 292 g/mol. The summed E-state index contributed by atoms with van der Waals surface area (Å²) in [6.45, 7) is 1.82. The third kappa shape index (κ3) is 4.35. The number of amides is 1. The monoisotopic (exact) mass is 308 g/mol. The predicted octanol–water partition coefficient (Wildman–Crippen LogP) is 2.88. The van der Waals surface area contributed by atoms with Crippen molar-refractivity contribution in [3.05, 3.63) is 65.2 Å². The van der Waals surface area contributed by atoms with Gasteiger partial charge in [-0.05, 0) is 36.3 Å². The number of nitrogens with zero attached hydrogens (tertiary/aromatic N) is 1. The molecule has 0 heterocycles. The molecule has 116 valence electrons. The Labute approximate surface area is 134 Å². The molecule has 0 bridgehead atoms. The van der Waals surface area contributed by atoms with Gasteiger partial charge >= 0.3 is 0 Å². The Bertz CT molecular complexity index is 756. The lowest BCUT2D eigenvalue weighted by molar-refractivity contribution is -0.117. The third-order valence-electron chi connectivity index (χ3n) is 3.25. The number of carbonyl (C=O) groups excluding carboxylic acids is 1. The van der Waals surface area contributed by atoms with Crippen LogP contribution in [0, 0.1) is 11.3 Å². The number of phenols is 2. The van der Waals surface area contributed by atoms with Crippen LogP contribution >= 0.6 is 0 Å². The molecule has 2 aromatic carbocycles. The fourth-order valence-corrected chi connectivity index (χ4v) is 2.12. The maximum atomic E-state index is 12.2. The zero-order valence-electron chi connectivity index (χ0n) is 12.5. The molecular formula is C18H16N2O3. The van der Waals surface area contributed by atoms with Gasteiger partial charge < -0.3 is 15.5 Å². The lowest BCUT2D eigenvalue weighted by Gasteiger charge is -2.13. The lowest BCUT2D eigenvalue weighted by Crippen LogP contribution is -2.27. The summed E-state index contributed by atoms with van der Waals surface area (Å²) in [5.74, 6) is -0.815. The van der Waals surface area contributed by atoms with Crippen LogP contribution in [0.3, 0.4) is 0 Å². The van der Waals surface area contributed by atoms with Crippen molar-refractivity contribution in [1.82, 2.24) is 5.32 Å². The number of phenolic OH excluding ortho intramolecular Hbond substituents is 2. The van der Waals surface area contributed by atoms with E-state index in [0.29, 0.717) is 5.56 Å². The molecule has 0 spiro atoms. The molecule has 2 rings (SSSR count). The number of carbonyl (C=O) groups is 1. The second kappa shape index (κ2) is 7.14. The van der Waals surface area contributed by atoms with E-state index >= 15 is 0 Å². The number of nitrogens with one attached hydrogen (secondary N) is 1. The number of hydrogen-bond acceptors (Lipinski definition) is 4. The van der Waals surface area contributed by atoms with Crippen LogP contribution in [0.25, 0.3) is 6.08 Å². The molecule has 0 saturated carbocycles. The van der Waals surface area contributed by atoms with Gasteiger partial charge in [0.1, 0.15) is 23.1 Å². The van der Waals surface area contributed by atoms with Gasteiger partial charge in [0, 0.05) is 6.07 Å². The highest BCUT2D eigenvalue weighted by Crippen LogP contribution is 2.22. The van der Waals surface area contributed by atoms with E-state index in [1.807, 2.05) is 43.3 Å². The standard InChI is InChI=1S/C18H16N2O3/c1-12(14-5-3-2-4-6-14)20-18(23)15(11-19)7-13-8-16(21)10-17(22)9-13/h2-10,12,21-22H,1H3,(H,20,23)/b15-7+/t12-/m0/s1. The Kier molecular flexibility index (Phi) is 5.00. The molecule has 0 aromatic heterocycles. The molecule has 5 heteroatoms. The van der Waals surface area contributed by atoms with Crippen LogP contribution in [0.1, 0.15) is 24.1 Å². The number of nitriles is 1. The summed E-state index contributed by atoms with van der Waals surface area (Å²) >= 11 is 0. The first kappa shape index (κ1) is 16.1. The summed E-state index contributed by atoms with van der Waals surface area (Å²) in [7, 11) is 0. The second-order valence-electron chi connectivity index (χ2n) is 5.06. The van der Waals surface area contributed by atoms with Crippen molar-refractivity contribution in [2.75, 3.05) is 0 Å². The van der Waals surface area contributed by atoms with Crippen LogP contribution in [0.15, 0.2) is 54.1 Å². The Morgan fingerprint density at radius 1 is 1.17 bits per heavy atom. The minimum atomic E-state index is -0.522. The Balaban J connectivity index is 2.18. The van der Waals surface area contributed by atoms with Crippen LogP contribution in [0.4, 0.5) is 0 Å². The van der Waals surface area contributed by atoms with Gasteiger partial charge in [0.25, 0.3) is 5.91 Å². The topological polar surface area (TPSA) is 93.4 Å². The van der Waals surface area contributed by atoms with E-state index in [9.17, 15) is 20.3 Å². The minimum Gasteiger partial charge on any atom is -0.508 e. The lowest BCUT2D eigenvalue weighted by atomic mass is 10.1. The van der Waals surface area contributed by atoms with Crippen molar-refractivity contribution in [2.24, 2.45) is 0 Å². The van der Waals surface area contributed by atoms with Crippen molar-refractivity contribution in [1.29, 1.82) is 5.26 Å². The minimum absolute atomic E-state index is 0.113. The Morgan fingerprint density at radius 3 is 2.35 bits per heavy atom. The molecule has 0 aliphatic heterocycles. The highest BCUT2D eigenvalue weighted by molar-refractivity contribution is 6.01. The van der Waals surface area contributed by atoms with Gasteiger partial charge in [0.2, 0.25) is 0 Å². The second-order valence-corrected chi connectivity index (χ2v) is 5.06. The van der Waals surface area contributed by atoms with Crippen molar-refractivity contribution < 1.29 is 15.0 Å². The van der Waals surface area contributed by atoms with E-state index in [1.165, 1.54) is 24.3 Å². The first-order chi connectivity index (χ1) is 11.0. The highest BCUT2D eigenvalue weighted by Gasteiger charge is 2.14. The van der Waals surface area contributed by atoms with Gasteiger partial charge in [0.05, 0.1) is 6.04 Å². The van der Waals surface area contributed by atoms with E-state index in [4.69, 9.17) is 0 Å². The van der Waals surface area contributed by atoms with E-state index < -0.39 is 5.91 Å². The maximum Gasteiger partial charge on any atom is 0.262 e. The normalized spacial score (nSPS) is 12.3. The molecule has 1 amide bonds. The quantitative estimate of drug-likeness (QED) is 0.598. The molecule has 0 saturated heterocycles. The number of aromatic hydroxyl groups is 2. The maximum absolute atomic E-state index is 12.2. The largest absolute Gasteiger partial charge is 0.508 e. The van der Waals surface area contributed by atoms with E-state index in [-0.39, 0.29) is 23.1 Å². The number of hydrogen-bond donors (Lipinski definition) is 3. The summed E-state index contributed by atoms with van der Waals surface area (Å²) < 4.78 is 0. The molecule has 2 aromatic rings. The summed E-state index contributed by atoms with van der Waals surface area (Å²) in [5, 5.41) is 30.8.